The summed E-state index contributed by atoms with van der Waals surface area (Å²) >= 11 is 0. The summed E-state index contributed by atoms with van der Waals surface area (Å²) < 4.78 is 6.07. The number of nitrogens with zero attached hydrogens (tertiary/aromatic N) is 4. The standard InChI is InChI=1S/C6H8N6O/c1-3-2-4(13-11-3)5-9-10-6(7)12(5)8/h2H,8H2,1H3,(H2,7,10). The van der Waals surface area contributed by atoms with Crippen LogP contribution < -0.4 is 11.6 Å². The van der Waals surface area contributed by atoms with Gasteiger partial charge >= 0.3 is 0 Å². The Kier molecular flexibility index (Phi) is 1.44. The number of nitrogens with two attached hydrogens (primary N) is 2. The first-order valence-electron chi connectivity index (χ1n) is 3.58. The van der Waals surface area contributed by atoms with Crippen LogP contribution in [0.15, 0.2) is 10.6 Å². The molecule has 0 spiro atoms. The van der Waals surface area contributed by atoms with Crippen LogP contribution in [0.1, 0.15) is 5.69 Å². The second-order valence-corrected chi connectivity index (χ2v) is 2.58. The van der Waals surface area contributed by atoms with E-state index in [9.17, 15) is 0 Å². The Labute approximate surface area is 73.3 Å². The van der Waals surface area contributed by atoms with E-state index in [1.807, 2.05) is 0 Å². The highest BCUT2D eigenvalue weighted by molar-refractivity contribution is 5.49. The van der Waals surface area contributed by atoms with Crippen LogP contribution in [0.5, 0.6) is 0 Å². The van der Waals surface area contributed by atoms with Crippen LogP contribution in [0.25, 0.3) is 11.6 Å². The Morgan fingerprint density at radius 3 is 2.69 bits per heavy atom. The maximum atomic E-state index is 5.52. The largest absolute Gasteiger partial charge is 0.366 e. The molecule has 4 N–H and O–H groups in total. The van der Waals surface area contributed by atoms with Crippen LogP contribution in [-0.2, 0) is 0 Å². The maximum absolute atomic E-state index is 5.52. The zero-order chi connectivity index (χ0) is 9.42. The molecule has 0 unspecified atom stereocenters. The highest BCUT2D eigenvalue weighted by Crippen LogP contribution is 2.17. The van der Waals surface area contributed by atoms with Crippen molar-refractivity contribution in [3.05, 3.63) is 11.8 Å². The quantitative estimate of drug-likeness (QED) is 0.574. The van der Waals surface area contributed by atoms with E-state index in [0.29, 0.717) is 11.6 Å². The number of hydrogen-bond donors (Lipinski definition) is 2. The Balaban J connectivity index is 2.52. The fourth-order valence-corrected chi connectivity index (χ4v) is 0.940. The van der Waals surface area contributed by atoms with Crippen molar-refractivity contribution < 1.29 is 4.52 Å². The first-order chi connectivity index (χ1) is 6.18. The topological polar surface area (TPSA) is 109 Å². The molecule has 0 atom stereocenters. The number of nitrogen functional groups attached to an aromatic ring is 2. The second kappa shape index (κ2) is 2.47. The summed E-state index contributed by atoms with van der Waals surface area (Å²) in [5.74, 6) is 6.46. The number of rotatable bonds is 1. The van der Waals surface area contributed by atoms with E-state index in [-0.39, 0.29) is 5.95 Å². The molecule has 2 heterocycles. The summed E-state index contributed by atoms with van der Waals surface area (Å²) in [6.45, 7) is 1.80. The molecule has 7 nitrogen and oxygen atoms in total. The van der Waals surface area contributed by atoms with Crippen molar-refractivity contribution >= 4 is 5.95 Å². The number of hydrogen-bond acceptors (Lipinski definition) is 6. The molecule has 0 aliphatic heterocycles. The van der Waals surface area contributed by atoms with Crippen molar-refractivity contribution in [1.29, 1.82) is 0 Å². The van der Waals surface area contributed by atoms with Gasteiger partial charge in [-0.05, 0) is 6.92 Å². The molecular weight excluding hydrogens is 172 g/mol. The number of aryl methyl sites for hydroxylation is 1. The third kappa shape index (κ3) is 1.10. The highest BCUT2D eigenvalue weighted by Gasteiger charge is 2.13. The van der Waals surface area contributed by atoms with Crippen LogP contribution in [0.2, 0.25) is 0 Å². The van der Waals surface area contributed by atoms with Crippen molar-refractivity contribution in [3.8, 4) is 11.6 Å². The van der Waals surface area contributed by atoms with Gasteiger partial charge in [-0.25, -0.2) is 4.68 Å². The van der Waals surface area contributed by atoms with Crippen LogP contribution >= 0.6 is 0 Å². The molecule has 2 aromatic heterocycles. The predicted molar refractivity (Wildman–Crippen MR) is 44.8 cm³/mol. The van der Waals surface area contributed by atoms with Gasteiger partial charge in [-0.1, -0.05) is 5.16 Å². The van der Waals surface area contributed by atoms with Crippen molar-refractivity contribution in [2.45, 2.75) is 6.92 Å². The molecule has 0 saturated heterocycles. The summed E-state index contributed by atoms with van der Waals surface area (Å²) in [4.78, 5) is 0. The lowest BCUT2D eigenvalue weighted by Gasteiger charge is -1.94. The summed E-state index contributed by atoms with van der Waals surface area (Å²) in [6, 6.07) is 1.70. The molecule has 68 valence electrons. The van der Waals surface area contributed by atoms with E-state index in [2.05, 4.69) is 15.4 Å². The lowest BCUT2D eigenvalue weighted by molar-refractivity contribution is 0.423. The minimum absolute atomic E-state index is 0.129. The van der Waals surface area contributed by atoms with Gasteiger partial charge < -0.3 is 16.1 Å². The summed E-state index contributed by atoms with van der Waals surface area (Å²) in [5.41, 5.74) is 6.13. The first kappa shape index (κ1) is 7.59. The Morgan fingerprint density at radius 1 is 1.46 bits per heavy atom. The normalized spacial score (nSPS) is 10.5. The van der Waals surface area contributed by atoms with Gasteiger partial charge in [0.15, 0.2) is 0 Å². The molecule has 2 rings (SSSR count). The fourth-order valence-electron chi connectivity index (χ4n) is 0.940. The monoisotopic (exact) mass is 180 g/mol. The first-order valence-corrected chi connectivity index (χ1v) is 3.58. The number of aromatic nitrogens is 4. The Morgan fingerprint density at radius 2 is 2.23 bits per heavy atom. The summed E-state index contributed by atoms with van der Waals surface area (Å²) in [5, 5.41) is 11.0. The van der Waals surface area contributed by atoms with E-state index in [0.717, 1.165) is 10.4 Å². The third-order valence-corrected chi connectivity index (χ3v) is 1.57. The van der Waals surface area contributed by atoms with Gasteiger partial charge in [0.05, 0.1) is 5.69 Å². The molecule has 0 amide bonds. The van der Waals surface area contributed by atoms with E-state index >= 15 is 0 Å². The van der Waals surface area contributed by atoms with Crippen molar-refractivity contribution in [2.75, 3.05) is 11.6 Å². The molecule has 0 radical (unpaired) electrons. The lowest BCUT2D eigenvalue weighted by Crippen LogP contribution is -2.13. The van der Waals surface area contributed by atoms with Crippen LogP contribution in [0.4, 0.5) is 5.95 Å². The molecule has 0 aromatic carbocycles. The zero-order valence-electron chi connectivity index (χ0n) is 6.93. The molecule has 7 heteroatoms. The lowest BCUT2D eigenvalue weighted by atomic mass is 10.4. The van der Waals surface area contributed by atoms with E-state index < -0.39 is 0 Å². The molecular formula is C6H8N6O. The maximum Gasteiger partial charge on any atom is 0.241 e. The van der Waals surface area contributed by atoms with Crippen LogP contribution in [0, 0.1) is 6.92 Å². The van der Waals surface area contributed by atoms with E-state index in [1.165, 1.54) is 0 Å². The molecule has 2 aromatic rings. The average molecular weight is 180 g/mol. The smallest absolute Gasteiger partial charge is 0.241 e. The average Bonchev–Trinajstić information content (AvgIpc) is 2.62. The Hall–Kier alpha value is -2.05. The van der Waals surface area contributed by atoms with Crippen molar-refractivity contribution in [1.82, 2.24) is 20.0 Å². The van der Waals surface area contributed by atoms with Gasteiger partial charge in [-0.15, -0.1) is 10.2 Å². The summed E-state index contributed by atoms with van der Waals surface area (Å²) in [6.07, 6.45) is 0. The second-order valence-electron chi connectivity index (χ2n) is 2.58. The van der Waals surface area contributed by atoms with Gasteiger partial charge in [0.1, 0.15) is 0 Å². The minimum atomic E-state index is 0.129. The molecule has 0 fully saturated rings. The molecule has 13 heavy (non-hydrogen) atoms. The predicted octanol–water partition coefficient (Wildman–Crippen LogP) is -0.462. The zero-order valence-corrected chi connectivity index (χ0v) is 6.93. The highest BCUT2D eigenvalue weighted by atomic mass is 16.5. The molecule has 0 aliphatic carbocycles. The summed E-state index contributed by atoms with van der Waals surface area (Å²) in [7, 11) is 0. The SMILES string of the molecule is Cc1cc(-c2nnc(N)n2N)on1. The van der Waals surface area contributed by atoms with Gasteiger partial charge in [0, 0.05) is 6.07 Å². The van der Waals surface area contributed by atoms with Gasteiger partial charge in [0.2, 0.25) is 17.5 Å². The Bertz CT molecular complexity index is 430. The molecule has 0 bridgehead atoms. The van der Waals surface area contributed by atoms with Crippen LogP contribution in [0.3, 0.4) is 0 Å². The van der Waals surface area contributed by atoms with Crippen molar-refractivity contribution in [3.63, 3.8) is 0 Å². The molecule has 0 aliphatic rings. The fraction of sp³-hybridized carbons (Fsp3) is 0.167. The van der Waals surface area contributed by atoms with E-state index in [1.54, 1.807) is 13.0 Å². The van der Waals surface area contributed by atoms with E-state index in [4.69, 9.17) is 16.1 Å². The van der Waals surface area contributed by atoms with Gasteiger partial charge in [0.25, 0.3) is 0 Å². The van der Waals surface area contributed by atoms with Crippen LogP contribution in [-0.4, -0.2) is 20.0 Å². The minimum Gasteiger partial charge on any atom is -0.366 e. The van der Waals surface area contributed by atoms with Crippen molar-refractivity contribution in [2.24, 2.45) is 0 Å². The molecule has 0 saturated carbocycles. The van der Waals surface area contributed by atoms with Gasteiger partial charge in [-0.2, -0.15) is 0 Å². The third-order valence-electron chi connectivity index (χ3n) is 1.57. The number of anilines is 1. The van der Waals surface area contributed by atoms with Gasteiger partial charge in [-0.3, -0.25) is 0 Å².